The van der Waals surface area contributed by atoms with Gasteiger partial charge in [-0.3, -0.25) is 0 Å². The van der Waals surface area contributed by atoms with Gasteiger partial charge in [0.15, 0.2) is 11.5 Å². The fourth-order valence-electron chi connectivity index (χ4n) is 6.65. The molecule has 0 aromatic heterocycles. The Morgan fingerprint density at radius 2 is 2.00 bits per heavy atom. The Morgan fingerprint density at radius 3 is 2.83 bits per heavy atom. The molecule has 3 nitrogen and oxygen atoms in total. The maximum absolute atomic E-state index is 10.6. The predicted molar refractivity (Wildman–Crippen MR) is 122 cm³/mol. The van der Waals surface area contributed by atoms with Gasteiger partial charge in [-0.05, 0) is 103 Å². The second kappa shape index (κ2) is 7.87. The van der Waals surface area contributed by atoms with Gasteiger partial charge in [0.2, 0.25) is 0 Å². The first-order valence-electron chi connectivity index (χ1n) is 11.4. The van der Waals surface area contributed by atoms with Crippen molar-refractivity contribution in [2.75, 3.05) is 6.61 Å². The van der Waals surface area contributed by atoms with E-state index in [0.29, 0.717) is 30.1 Å². The van der Waals surface area contributed by atoms with E-state index >= 15 is 0 Å². The van der Waals surface area contributed by atoms with Crippen molar-refractivity contribution in [1.82, 2.24) is 0 Å². The summed E-state index contributed by atoms with van der Waals surface area (Å²) in [4.78, 5) is 0. The molecule has 0 unspecified atom stereocenters. The van der Waals surface area contributed by atoms with Crippen LogP contribution >= 0.6 is 15.9 Å². The lowest BCUT2D eigenvalue weighted by atomic mass is 9.55. The third-order valence-corrected chi connectivity index (χ3v) is 8.78. The highest BCUT2D eigenvalue weighted by Gasteiger charge is 2.54. The van der Waals surface area contributed by atoms with Crippen molar-refractivity contribution >= 4 is 15.9 Å². The van der Waals surface area contributed by atoms with Gasteiger partial charge in [0, 0.05) is 10.9 Å². The molecule has 0 aliphatic heterocycles. The van der Waals surface area contributed by atoms with Crippen LogP contribution in [0.25, 0.3) is 0 Å². The number of hydrogen-bond donors (Lipinski definition) is 2. The Kier molecular flexibility index (Phi) is 5.35. The van der Waals surface area contributed by atoms with Gasteiger partial charge in [0.25, 0.3) is 0 Å². The van der Waals surface area contributed by atoms with Crippen LogP contribution in [0.15, 0.2) is 40.9 Å². The van der Waals surface area contributed by atoms with Gasteiger partial charge >= 0.3 is 0 Å². The van der Waals surface area contributed by atoms with E-state index in [-0.39, 0.29) is 17.3 Å². The first kappa shape index (κ1) is 20.4. The van der Waals surface area contributed by atoms with E-state index in [0.717, 1.165) is 43.0 Å². The topological polar surface area (TPSA) is 49.7 Å². The molecule has 4 heteroatoms. The SMILES string of the molecule is C[C@]12CC[C@@H]3c4cc(OCCc5cccc(Br)c5)c(O)cc4CC[C@H]3[C@@H]1CC[C@@H]2O. The van der Waals surface area contributed by atoms with Crippen LogP contribution in [-0.2, 0) is 12.8 Å². The second-order valence-corrected chi connectivity index (χ2v) is 10.7. The Hall–Kier alpha value is -1.52. The summed E-state index contributed by atoms with van der Waals surface area (Å²) in [7, 11) is 0. The summed E-state index contributed by atoms with van der Waals surface area (Å²) >= 11 is 3.51. The van der Waals surface area contributed by atoms with E-state index in [1.165, 1.54) is 23.1 Å². The zero-order chi connectivity index (χ0) is 20.9. The Bertz CT molecular complexity index is 942. The average molecular weight is 471 g/mol. The molecule has 5 atom stereocenters. The molecule has 0 amide bonds. The van der Waals surface area contributed by atoms with Gasteiger partial charge in [-0.25, -0.2) is 0 Å². The van der Waals surface area contributed by atoms with Crippen molar-refractivity contribution < 1.29 is 14.9 Å². The van der Waals surface area contributed by atoms with Crippen LogP contribution in [0.5, 0.6) is 11.5 Å². The molecule has 160 valence electrons. The number of phenols is 1. The quantitative estimate of drug-likeness (QED) is 0.576. The molecule has 2 aromatic carbocycles. The third-order valence-electron chi connectivity index (χ3n) is 8.29. The number of ether oxygens (including phenoxy) is 1. The molecule has 2 fully saturated rings. The molecule has 3 aliphatic rings. The van der Waals surface area contributed by atoms with E-state index in [1.807, 2.05) is 18.2 Å². The zero-order valence-electron chi connectivity index (χ0n) is 17.6. The monoisotopic (exact) mass is 470 g/mol. The number of halogens is 1. The highest BCUT2D eigenvalue weighted by Crippen LogP contribution is 2.61. The van der Waals surface area contributed by atoms with Crippen LogP contribution < -0.4 is 4.74 Å². The molecule has 5 rings (SSSR count). The molecule has 0 saturated heterocycles. The Morgan fingerprint density at radius 1 is 1.13 bits per heavy atom. The average Bonchev–Trinajstić information content (AvgIpc) is 3.03. The normalized spacial score (nSPS) is 32.2. The van der Waals surface area contributed by atoms with E-state index < -0.39 is 0 Å². The fraction of sp³-hybridized carbons (Fsp3) is 0.538. The molecular formula is C26H31BrO3. The minimum absolute atomic E-state index is 0.0961. The van der Waals surface area contributed by atoms with Crippen LogP contribution in [0.1, 0.15) is 61.6 Å². The molecular weight excluding hydrogens is 440 g/mol. The van der Waals surface area contributed by atoms with E-state index in [2.05, 4.69) is 41.1 Å². The standard InChI is InChI=1S/C26H31BrO3/c1-26-11-9-19-20(22(26)7-8-25(26)29)6-5-17-14-23(28)24(15-21(17)19)30-12-10-16-3-2-4-18(27)13-16/h2-4,13-15,19-20,22,25,28-29H,5-12H2,1H3/t19-,20+,22-,25-,26-/m0/s1. The third kappa shape index (κ3) is 3.46. The molecule has 0 spiro atoms. The van der Waals surface area contributed by atoms with Crippen LogP contribution in [0.3, 0.4) is 0 Å². The fourth-order valence-corrected chi connectivity index (χ4v) is 7.09. The second-order valence-electron chi connectivity index (χ2n) is 9.80. The highest BCUT2D eigenvalue weighted by atomic mass is 79.9. The van der Waals surface area contributed by atoms with Crippen LogP contribution in [-0.4, -0.2) is 22.9 Å². The maximum atomic E-state index is 10.6. The molecule has 2 N–H and O–H groups in total. The number of benzene rings is 2. The largest absolute Gasteiger partial charge is 0.504 e. The number of fused-ring (bicyclic) bond motifs is 5. The molecule has 3 aliphatic carbocycles. The number of aryl methyl sites for hydroxylation is 1. The van der Waals surface area contributed by atoms with E-state index in [9.17, 15) is 10.2 Å². The molecule has 2 aromatic rings. The highest BCUT2D eigenvalue weighted by molar-refractivity contribution is 9.10. The van der Waals surface area contributed by atoms with Gasteiger partial charge in [0.05, 0.1) is 12.7 Å². The molecule has 2 saturated carbocycles. The van der Waals surface area contributed by atoms with Crippen LogP contribution in [0.2, 0.25) is 0 Å². The minimum atomic E-state index is -0.137. The summed E-state index contributed by atoms with van der Waals surface area (Å²) < 4.78 is 7.12. The van der Waals surface area contributed by atoms with Gasteiger partial charge in [0.1, 0.15) is 0 Å². The lowest BCUT2D eigenvalue weighted by molar-refractivity contribution is -0.0226. The van der Waals surface area contributed by atoms with Gasteiger partial charge in [-0.2, -0.15) is 0 Å². The first-order valence-corrected chi connectivity index (χ1v) is 12.2. The molecule has 0 bridgehead atoms. The number of aliphatic hydroxyl groups excluding tert-OH is 1. The summed E-state index contributed by atoms with van der Waals surface area (Å²) in [5, 5.41) is 21.2. The minimum Gasteiger partial charge on any atom is -0.504 e. The first-order chi connectivity index (χ1) is 14.5. The summed E-state index contributed by atoms with van der Waals surface area (Å²) in [5.41, 5.74) is 3.98. The number of aliphatic hydroxyl groups is 1. The zero-order valence-corrected chi connectivity index (χ0v) is 19.2. The smallest absolute Gasteiger partial charge is 0.161 e. The Balaban J connectivity index is 1.34. The van der Waals surface area contributed by atoms with Gasteiger partial charge < -0.3 is 14.9 Å². The van der Waals surface area contributed by atoms with Crippen molar-refractivity contribution in [2.24, 2.45) is 17.3 Å². The molecule has 0 radical (unpaired) electrons. The van der Waals surface area contributed by atoms with Crippen molar-refractivity contribution in [1.29, 1.82) is 0 Å². The lowest BCUT2D eigenvalue weighted by Gasteiger charge is -2.50. The lowest BCUT2D eigenvalue weighted by Crippen LogP contribution is -2.43. The summed E-state index contributed by atoms with van der Waals surface area (Å²) in [6.45, 7) is 2.86. The molecule has 0 heterocycles. The van der Waals surface area contributed by atoms with Crippen LogP contribution in [0.4, 0.5) is 0 Å². The van der Waals surface area contributed by atoms with E-state index in [4.69, 9.17) is 4.74 Å². The predicted octanol–water partition coefficient (Wildman–Crippen LogP) is 5.99. The molecule has 30 heavy (non-hydrogen) atoms. The summed E-state index contributed by atoms with van der Waals surface area (Å²) in [6.07, 6.45) is 7.20. The number of aromatic hydroxyl groups is 1. The van der Waals surface area contributed by atoms with Crippen molar-refractivity contribution in [3.63, 3.8) is 0 Å². The van der Waals surface area contributed by atoms with Gasteiger partial charge in [-0.1, -0.05) is 35.0 Å². The number of rotatable bonds is 4. The van der Waals surface area contributed by atoms with E-state index in [1.54, 1.807) is 0 Å². The number of phenolic OH excluding ortho intramolecular Hbond substituents is 1. The summed E-state index contributed by atoms with van der Waals surface area (Å²) in [5.74, 6) is 2.68. The van der Waals surface area contributed by atoms with Crippen molar-refractivity contribution in [2.45, 2.75) is 63.9 Å². The van der Waals surface area contributed by atoms with Gasteiger partial charge in [-0.15, -0.1) is 0 Å². The van der Waals surface area contributed by atoms with Crippen molar-refractivity contribution in [3.8, 4) is 11.5 Å². The van der Waals surface area contributed by atoms with Crippen molar-refractivity contribution in [3.05, 3.63) is 57.6 Å². The summed E-state index contributed by atoms with van der Waals surface area (Å²) in [6, 6.07) is 12.3. The maximum Gasteiger partial charge on any atom is 0.161 e. The number of hydrogen-bond acceptors (Lipinski definition) is 3. The Labute approximate surface area is 187 Å². The van der Waals surface area contributed by atoms with Crippen LogP contribution in [0, 0.1) is 17.3 Å².